The van der Waals surface area contributed by atoms with Crippen molar-refractivity contribution in [1.82, 2.24) is 5.32 Å². The van der Waals surface area contributed by atoms with E-state index in [1.165, 1.54) is 5.56 Å². The second kappa shape index (κ2) is 5.80. The lowest BCUT2D eigenvalue weighted by Crippen LogP contribution is -2.09. The number of furan rings is 1. The number of likely N-dealkylation sites (N-methyl/N-ethyl adjacent to an activating group) is 1. The van der Waals surface area contributed by atoms with Crippen LogP contribution in [0.3, 0.4) is 0 Å². The monoisotopic (exact) mass is 267 g/mol. The Kier molecular flexibility index (Phi) is 3.70. The molecule has 20 heavy (non-hydrogen) atoms. The van der Waals surface area contributed by atoms with Crippen LogP contribution in [0.25, 0.3) is 11.0 Å². The fraction of sp³-hybridized carbons (Fsp3) is 0.176. The smallest absolute Gasteiger partial charge is 0.134 e. The molecule has 3 heteroatoms. The molecule has 3 nitrogen and oxygen atoms in total. The molecular formula is C17H17NO2. The predicted octanol–water partition coefficient (Wildman–Crippen LogP) is 3.99. The molecule has 0 unspecified atom stereocenters. The Labute approximate surface area is 118 Å². The number of para-hydroxylation sites is 1. The van der Waals surface area contributed by atoms with Crippen molar-refractivity contribution in [1.29, 1.82) is 0 Å². The zero-order chi connectivity index (χ0) is 13.8. The van der Waals surface area contributed by atoms with Gasteiger partial charge in [-0.05, 0) is 55.9 Å². The number of hydrogen-bond donors (Lipinski definition) is 1. The van der Waals surface area contributed by atoms with Crippen LogP contribution in [0.1, 0.15) is 5.56 Å². The number of nitrogens with one attached hydrogen (secondary N) is 1. The molecule has 0 amide bonds. The van der Waals surface area contributed by atoms with E-state index in [2.05, 4.69) is 5.32 Å². The molecule has 0 radical (unpaired) electrons. The van der Waals surface area contributed by atoms with Crippen molar-refractivity contribution in [2.75, 3.05) is 13.6 Å². The summed E-state index contributed by atoms with van der Waals surface area (Å²) in [5, 5.41) is 4.27. The highest BCUT2D eigenvalue weighted by Gasteiger charge is 2.07. The number of ether oxygens (including phenoxy) is 1. The first-order chi connectivity index (χ1) is 9.86. The standard InChI is InChI=1S/C17H17NO2/c1-18-10-9-13-12-19-17-8-7-15(11-16(13)17)20-14-5-3-2-4-6-14/h2-8,11-12,18H,9-10H2,1H3. The Hall–Kier alpha value is -2.26. The molecule has 0 saturated carbocycles. The predicted molar refractivity (Wildman–Crippen MR) is 80.4 cm³/mol. The Morgan fingerprint density at radius 2 is 1.90 bits per heavy atom. The van der Waals surface area contributed by atoms with Crippen LogP contribution in [0.2, 0.25) is 0 Å². The van der Waals surface area contributed by atoms with E-state index < -0.39 is 0 Å². The Morgan fingerprint density at radius 3 is 2.70 bits per heavy atom. The van der Waals surface area contributed by atoms with Crippen LogP contribution in [0, 0.1) is 0 Å². The third-order valence-electron chi connectivity index (χ3n) is 3.25. The summed E-state index contributed by atoms with van der Waals surface area (Å²) in [6, 6.07) is 15.7. The van der Waals surface area contributed by atoms with Crippen molar-refractivity contribution in [3.8, 4) is 11.5 Å². The second-order valence-corrected chi connectivity index (χ2v) is 4.69. The van der Waals surface area contributed by atoms with Crippen molar-refractivity contribution in [2.24, 2.45) is 0 Å². The van der Waals surface area contributed by atoms with Gasteiger partial charge in [0.05, 0.1) is 6.26 Å². The minimum atomic E-state index is 0.829. The maximum Gasteiger partial charge on any atom is 0.134 e. The highest BCUT2D eigenvalue weighted by atomic mass is 16.5. The van der Waals surface area contributed by atoms with Gasteiger partial charge in [-0.25, -0.2) is 0 Å². The van der Waals surface area contributed by atoms with Gasteiger partial charge in [0, 0.05) is 5.39 Å². The van der Waals surface area contributed by atoms with Gasteiger partial charge in [-0.2, -0.15) is 0 Å². The third kappa shape index (κ3) is 2.68. The van der Waals surface area contributed by atoms with Crippen molar-refractivity contribution in [2.45, 2.75) is 6.42 Å². The van der Waals surface area contributed by atoms with E-state index in [-0.39, 0.29) is 0 Å². The van der Waals surface area contributed by atoms with E-state index in [0.29, 0.717) is 0 Å². The van der Waals surface area contributed by atoms with E-state index in [0.717, 1.165) is 35.4 Å². The molecule has 0 saturated heterocycles. The molecule has 1 heterocycles. The molecule has 0 fully saturated rings. The van der Waals surface area contributed by atoms with Gasteiger partial charge in [0.25, 0.3) is 0 Å². The van der Waals surface area contributed by atoms with Crippen LogP contribution >= 0.6 is 0 Å². The fourth-order valence-electron chi connectivity index (χ4n) is 2.20. The SMILES string of the molecule is CNCCc1coc2ccc(Oc3ccccc3)cc12. The second-order valence-electron chi connectivity index (χ2n) is 4.69. The molecule has 0 atom stereocenters. The maximum absolute atomic E-state index is 5.86. The van der Waals surface area contributed by atoms with Crippen molar-refractivity contribution < 1.29 is 9.15 Å². The highest BCUT2D eigenvalue weighted by molar-refractivity contribution is 5.82. The molecule has 0 aliphatic carbocycles. The first-order valence-electron chi connectivity index (χ1n) is 6.74. The molecular weight excluding hydrogens is 250 g/mol. The summed E-state index contributed by atoms with van der Waals surface area (Å²) in [5.74, 6) is 1.67. The number of hydrogen-bond acceptors (Lipinski definition) is 3. The normalized spacial score (nSPS) is 10.8. The topological polar surface area (TPSA) is 34.4 Å². The van der Waals surface area contributed by atoms with Crippen molar-refractivity contribution in [3.05, 3.63) is 60.4 Å². The van der Waals surface area contributed by atoms with Gasteiger partial charge >= 0.3 is 0 Å². The summed E-state index contributed by atoms with van der Waals surface area (Å²) < 4.78 is 11.4. The Balaban J connectivity index is 1.89. The zero-order valence-corrected chi connectivity index (χ0v) is 11.4. The van der Waals surface area contributed by atoms with Gasteiger partial charge < -0.3 is 14.5 Å². The molecule has 3 aromatic rings. The fourth-order valence-corrected chi connectivity index (χ4v) is 2.20. The van der Waals surface area contributed by atoms with Crippen LogP contribution in [0.5, 0.6) is 11.5 Å². The van der Waals surface area contributed by atoms with E-state index >= 15 is 0 Å². The lowest BCUT2D eigenvalue weighted by atomic mass is 10.1. The van der Waals surface area contributed by atoms with Gasteiger partial charge in [0.1, 0.15) is 17.1 Å². The Morgan fingerprint density at radius 1 is 1.05 bits per heavy atom. The minimum Gasteiger partial charge on any atom is -0.464 e. The number of benzene rings is 2. The summed E-state index contributed by atoms with van der Waals surface area (Å²) in [4.78, 5) is 0. The van der Waals surface area contributed by atoms with E-state index in [9.17, 15) is 0 Å². The summed E-state index contributed by atoms with van der Waals surface area (Å²) in [6.07, 6.45) is 2.77. The maximum atomic E-state index is 5.86. The third-order valence-corrected chi connectivity index (χ3v) is 3.25. The van der Waals surface area contributed by atoms with E-state index in [4.69, 9.17) is 9.15 Å². The molecule has 0 bridgehead atoms. The quantitative estimate of drug-likeness (QED) is 0.759. The van der Waals surface area contributed by atoms with E-state index in [1.807, 2.05) is 61.8 Å². The van der Waals surface area contributed by atoms with Crippen LogP contribution in [0.15, 0.2) is 59.2 Å². The van der Waals surface area contributed by atoms with Crippen LogP contribution < -0.4 is 10.1 Å². The molecule has 3 rings (SSSR count). The molecule has 102 valence electrons. The molecule has 2 aromatic carbocycles. The summed E-state index contributed by atoms with van der Waals surface area (Å²) in [5.41, 5.74) is 2.10. The van der Waals surface area contributed by atoms with Crippen molar-refractivity contribution in [3.63, 3.8) is 0 Å². The molecule has 1 aromatic heterocycles. The van der Waals surface area contributed by atoms with Gasteiger partial charge in [0.15, 0.2) is 0 Å². The number of fused-ring (bicyclic) bond motifs is 1. The van der Waals surface area contributed by atoms with Gasteiger partial charge in [-0.1, -0.05) is 18.2 Å². The molecule has 0 aliphatic rings. The first kappa shape index (κ1) is 12.8. The molecule has 0 aliphatic heterocycles. The van der Waals surface area contributed by atoms with Crippen LogP contribution in [-0.4, -0.2) is 13.6 Å². The number of rotatable bonds is 5. The summed E-state index contributed by atoms with van der Waals surface area (Å²) >= 11 is 0. The average molecular weight is 267 g/mol. The average Bonchev–Trinajstić information content (AvgIpc) is 2.89. The first-order valence-corrected chi connectivity index (χ1v) is 6.74. The summed E-state index contributed by atoms with van der Waals surface area (Å²) in [7, 11) is 1.95. The van der Waals surface area contributed by atoms with Crippen molar-refractivity contribution >= 4 is 11.0 Å². The van der Waals surface area contributed by atoms with E-state index in [1.54, 1.807) is 0 Å². The Bertz CT molecular complexity index is 689. The summed E-state index contributed by atoms with van der Waals surface area (Å²) in [6.45, 7) is 0.929. The van der Waals surface area contributed by atoms with Gasteiger partial charge in [-0.15, -0.1) is 0 Å². The van der Waals surface area contributed by atoms with Gasteiger partial charge in [-0.3, -0.25) is 0 Å². The highest BCUT2D eigenvalue weighted by Crippen LogP contribution is 2.28. The van der Waals surface area contributed by atoms with Gasteiger partial charge in [0.2, 0.25) is 0 Å². The largest absolute Gasteiger partial charge is 0.464 e. The van der Waals surface area contributed by atoms with Crippen LogP contribution in [0.4, 0.5) is 0 Å². The van der Waals surface area contributed by atoms with Crippen LogP contribution in [-0.2, 0) is 6.42 Å². The lowest BCUT2D eigenvalue weighted by Gasteiger charge is -2.05. The minimum absolute atomic E-state index is 0.829. The zero-order valence-electron chi connectivity index (χ0n) is 11.4. The molecule has 1 N–H and O–H groups in total. The molecule has 0 spiro atoms. The lowest BCUT2D eigenvalue weighted by molar-refractivity contribution is 0.483.